The molecule has 5 nitrogen and oxygen atoms in total. The molecule has 1 atom stereocenters. The lowest BCUT2D eigenvalue weighted by molar-refractivity contribution is 0.0622. The third-order valence-corrected chi connectivity index (χ3v) is 2.87. The van der Waals surface area contributed by atoms with Crippen LogP contribution in [0.25, 0.3) is 0 Å². The highest BCUT2D eigenvalue weighted by Crippen LogP contribution is 2.10. The summed E-state index contributed by atoms with van der Waals surface area (Å²) in [6, 6.07) is 3.72. The van der Waals surface area contributed by atoms with Gasteiger partial charge in [0.1, 0.15) is 5.69 Å². The Labute approximate surface area is 107 Å². The summed E-state index contributed by atoms with van der Waals surface area (Å²) in [4.78, 5) is 16.1. The van der Waals surface area contributed by atoms with Gasteiger partial charge < -0.3 is 15.4 Å². The molecule has 2 N–H and O–H groups in total. The normalized spacial score (nSPS) is 19.3. The van der Waals surface area contributed by atoms with Crippen LogP contribution in [0.15, 0.2) is 18.3 Å². The molecule has 1 aliphatic heterocycles. The Morgan fingerprint density at radius 2 is 2.50 bits per heavy atom. The number of rotatable bonds is 4. The molecule has 1 aromatic heterocycles. The Morgan fingerprint density at radius 1 is 1.61 bits per heavy atom. The van der Waals surface area contributed by atoms with Gasteiger partial charge >= 0.3 is 0 Å². The summed E-state index contributed by atoms with van der Waals surface area (Å²) >= 11 is 0. The molecule has 18 heavy (non-hydrogen) atoms. The van der Waals surface area contributed by atoms with E-state index in [1.54, 1.807) is 12.3 Å². The van der Waals surface area contributed by atoms with E-state index in [2.05, 4.69) is 15.6 Å². The van der Waals surface area contributed by atoms with Gasteiger partial charge in [0.2, 0.25) is 0 Å². The number of carbonyl (C=O) groups excluding carboxylic acids is 1. The Hall–Kier alpha value is -1.62. The van der Waals surface area contributed by atoms with E-state index in [-0.39, 0.29) is 11.9 Å². The average Bonchev–Trinajstić information content (AvgIpc) is 2.40. The number of ether oxygens (including phenoxy) is 1. The Kier molecular flexibility index (Phi) is 4.52. The van der Waals surface area contributed by atoms with Crippen molar-refractivity contribution in [2.45, 2.75) is 25.8 Å². The highest BCUT2D eigenvalue weighted by atomic mass is 16.5. The molecule has 1 aliphatic rings. The van der Waals surface area contributed by atoms with E-state index in [0.29, 0.717) is 12.3 Å². The average molecular weight is 249 g/mol. The summed E-state index contributed by atoms with van der Waals surface area (Å²) in [6.45, 7) is 4.22. The molecule has 0 spiro atoms. The monoisotopic (exact) mass is 249 g/mol. The summed E-state index contributed by atoms with van der Waals surface area (Å²) in [5.74, 6) is -0.134. The fourth-order valence-electron chi connectivity index (χ4n) is 1.98. The molecule has 1 aromatic rings. The maximum Gasteiger partial charge on any atom is 0.270 e. The van der Waals surface area contributed by atoms with E-state index < -0.39 is 0 Å². The quantitative estimate of drug-likeness (QED) is 0.847. The molecule has 0 radical (unpaired) electrons. The summed E-state index contributed by atoms with van der Waals surface area (Å²) in [5, 5.41) is 6.11. The van der Waals surface area contributed by atoms with Gasteiger partial charge in [0, 0.05) is 25.0 Å². The standard InChI is InChI=1S/C13H19N3O2/c1-2-14-10-5-6-15-12(8-10)13(17)16-11-4-3-7-18-9-11/h5-6,8,11H,2-4,7,9H2,1H3,(H,14,15)(H,16,17). The first-order valence-corrected chi connectivity index (χ1v) is 6.38. The van der Waals surface area contributed by atoms with Gasteiger partial charge in [-0.25, -0.2) is 0 Å². The van der Waals surface area contributed by atoms with Crippen molar-refractivity contribution < 1.29 is 9.53 Å². The second-order valence-corrected chi connectivity index (χ2v) is 4.35. The van der Waals surface area contributed by atoms with Crippen molar-refractivity contribution in [1.29, 1.82) is 0 Å². The highest BCUT2D eigenvalue weighted by molar-refractivity contribution is 5.93. The Balaban J connectivity index is 1.96. The van der Waals surface area contributed by atoms with Gasteiger partial charge in [0.05, 0.1) is 12.6 Å². The highest BCUT2D eigenvalue weighted by Gasteiger charge is 2.17. The van der Waals surface area contributed by atoms with Crippen molar-refractivity contribution in [3.05, 3.63) is 24.0 Å². The first-order valence-electron chi connectivity index (χ1n) is 6.38. The van der Waals surface area contributed by atoms with E-state index in [1.165, 1.54) is 0 Å². The van der Waals surface area contributed by atoms with Gasteiger partial charge in [0.15, 0.2) is 0 Å². The zero-order chi connectivity index (χ0) is 12.8. The maximum absolute atomic E-state index is 12.0. The zero-order valence-corrected chi connectivity index (χ0v) is 10.6. The van der Waals surface area contributed by atoms with Crippen LogP contribution in [0, 0.1) is 0 Å². The minimum absolute atomic E-state index is 0.107. The fraction of sp³-hybridized carbons (Fsp3) is 0.538. The summed E-state index contributed by atoms with van der Waals surface area (Å²) in [5.41, 5.74) is 1.36. The van der Waals surface area contributed by atoms with Gasteiger partial charge in [-0.05, 0) is 31.9 Å². The zero-order valence-electron chi connectivity index (χ0n) is 10.6. The van der Waals surface area contributed by atoms with Crippen molar-refractivity contribution in [3.63, 3.8) is 0 Å². The smallest absolute Gasteiger partial charge is 0.270 e. The molecule has 0 aromatic carbocycles. The second kappa shape index (κ2) is 6.35. The molecule has 0 aliphatic carbocycles. The van der Waals surface area contributed by atoms with E-state index in [1.807, 2.05) is 13.0 Å². The van der Waals surface area contributed by atoms with Crippen LogP contribution in [0.2, 0.25) is 0 Å². The van der Waals surface area contributed by atoms with Crippen LogP contribution in [0.5, 0.6) is 0 Å². The van der Waals surface area contributed by atoms with Gasteiger partial charge in [0.25, 0.3) is 5.91 Å². The van der Waals surface area contributed by atoms with Crippen LogP contribution in [0.4, 0.5) is 5.69 Å². The van der Waals surface area contributed by atoms with Crippen LogP contribution in [-0.4, -0.2) is 36.7 Å². The number of carbonyl (C=O) groups is 1. The molecule has 1 unspecified atom stereocenters. The molecule has 1 amide bonds. The molecule has 0 bridgehead atoms. The molecule has 0 saturated carbocycles. The van der Waals surface area contributed by atoms with Crippen LogP contribution in [-0.2, 0) is 4.74 Å². The largest absolute Gasteiger partial charge is 0.385 e. The summed E-state index contributed by atoms with van der Waals surface area (Å²) < 4.78 is 5.33. The fourth-order valence-corrected chi connectivity index (χ4v) is 1.98. The number of nitrogens with one attached hydrogen (secondary N) is 2. The van der Waals surface area contributed by atoms with Crippen molar-refractivity contribution in [2.75, 3.05) is 25.1 Å². The maximum atomic E-state index is 12.0. The van der Waals surface area contributed by atoms with Crippen LogP contribution in [0.3, 0.4) is 0 Å². The van der Waals surface area contributed by atoms with Crippen LogP contribution < -0.4 is 10.6 Å². The first-order chi connectivity index (χ1) is 8.79. The van der Waals surface area contributed by atoms with Crippen molar-refractivity contribution >= 4 is 11.6 Å². The van der Waals surface area contributed by atoms with Gasteiger partial charge in [-0.15, -0.1) is 0 Å². The predicted molar refractivity (Wildman–Crippen MR) is 69.7 cm³/mol. The number of aromatic nitrogens is 1. The Bertz CT molecular complexity index is 403. The molecule has 98 valence electrons. The van der Waals surface area contributed by atoms with Crippen LogP contribution >= 0.6 is 0 Å². The lowest BCUT2D eigenvalue weighted by atomic mass is 10.1. The number of anilines is 1. The lowest BCUT2D eigenvalue weighted by Gasteiger charge is -2.22. The van der Waals surface area contributed by atoms with E-state index in [4.69, 9.17) is 4.74 Å². The van der Waals surface area contributed by atoms with Crippen LogP contribution in [0.1, 0.15) is 30.3 Å². The molecule has 1 saturated heterocycles. The third-order valence-electron chi connectivity index (χ3n) is 2.87. The SMILES string of the molecule is CCNc1ccnc(C(=O)NC2CCCOC2)c1. The minimum Gasteiger partial charge on any atom is -0.385 e. The van der Waals surface area contributed by atoms with Gasteiger partial charge in [-0.3, -0.25) is 9.78 Å². The number of hydrogen-bond donors (Lipinski definition) is 2. The second-order valence-electron chi connectivity index (χ2n) is 4.35. The molecular formula is C13H19N3O2. The molecular weight excluding hydrogens is 230 g/mol. The van der Waals surface area contributed by atoms with Crippen molar-refractivity contribution in [2.24, 2.45) is 0 Å². The molecule has 5 heteroatoms. The molecule has 1 fully saturated rings. The third kappa shape index (κ3) is 3.43. The van der Waals surface area contributed by atoms with E-state index >= 15 is 0 Å². The first kappa shape index (κ1) is 12.8. The topological polar surface area (TPSA) is 63.2 Å². The van der Waals surface area contributed by atoms with E-state index in [9.17, 15) is 4.79 Å². The number of amides is 1. The minimum atomic E-state index is -0.134. The van der Waals surface area contributed by atoms with Gasteiger partial charge in [-0.2, -0.15) is 0 Å². The van der Waals surface area contributed by atoms with Crippen molar-refractivity contribution in [3.8, 4) is 0 Å². The number of hydrogen-bond acceptors (Lipinski definition) is 4. The van der Waals surface area contributed by atoms with Crippen molar-refractivity contribution in [1.82, 2.24) is 10.3 Å². The van der Waals surface area contributed by atoms with Gasteiger partial charge in [-0.1, -0.05) is 0 Å². The Morgan fingerprint density at radius 3 is 3.22 bits per heavy atom. The summed E-state index contributed by atoms with van der Waals surface area (Å²) in [7, 11) is 0. The predicted octanol–water partition coefficient (Wildman–Crippen LogP) is 1.42. The summed E-state index contributed by atoms with van der Waals surface area (Å²) in [6.07, 6.45) is 3.61. The molecule has 2 rings (SSSR count). The number of nitrogens with zero attached hydrogens (tertiary/aromatic N) is 1. The number of pyridine rings is 1. The van der Waals surface area contributed by atoms with E-state index in [0.717, 1.165) is 31.7 Å². The molecule has 2 heterocycles. The lowest BCUT2D eigenvalue weighted by Crippen LogP contribution is -2.40.